The summed E-state index contributed by atoms with van der Waals surface area (Å²) in [4.78, 5) is 29.1. The fourth-order valence-electron chi connectivity index (χ4n) is 3.86. The average molecular weight is 445 g/mol. The predicted octanol–water partition coefficient (Wildman–Crippen LogP) is 4.03. The molecule has 0 bridgehead atoms. The third-order valence-corrected chi connectivity index (χ3v) is 6.55. The summed E-state index contributed by atoms with van der Waals surface area (Å²) in [6, 6.07) is 10.1. The number of aromatic nitrogens is 3. The number of carbonyl (C=O) groups excluding carboxylic acids is 1. The van der Waals surface area contributed by atoms with Crippen molar-refractivity contribution in [3.05, 3.63) is 53.3 Å². The molecule has 3 aromatic heterocycles. The Hall–Kier alpha value is -3.36. The molecule has 0 saturated carbocycles. The minimum atomic E-state index is -0.0211. The molecule has 1 amide bonds. The fourth-order valence-corrected chi connectivity index (χ4v) is 4.95. The molecule has 32 heavy (non-hydrogen) atoms. The predicted molar refractivity (Wildman–Crippen MR) is 131 cm³/mol. The molecule has 4 aromatic rings. The second kappa shape index (κ2) is 8.29. The summed E-state index contributed by atoms with van der Waals surface area (Å²) in [5.41, 5.74) is 4.20. The Morgan fingerprint density at radius 1 is 1.19 bits per heavy atom. The van der Waals surface area contributed by atoms with Crippen molar-refractivity contribution >= 4 is 50.0 Å². The van der Waals surface area contributed by atoms with Crippen LogP contribution in [0.5, 0.6) is 0 Å². The standard InChI is InChI=1S/C24H24N6OS/c1-14-12-25-22-21-16-6-7-18(19-11-15(26-13-27-19)5-4-10-30(2)3)29-17(16)8-9-20(21)32-23(22)24(31)28-14/h4-9,11,13-14,25H,10,12H2,1-3H3,(H,28,31)/b5-4+/t14-/m1/s1. The minimum absolute atomic E-state index is 0.0211. The van der Waals surface area contributed by atoms with Gasteiger partial charge in [-0.05, 0) is 57.4 Å². The first-order valence-corrected chi connectivity index (χ1v) is 11.4. The lowest BCUT2D eigenvalue weighted by molar-refractivity contribution is 0.0949. The number of nitrogens with zero attached hydrogens (tertiary/aromatic N) is 4. The highest BCUT2D eigenvalue weighted by atomic mass is 32.1. The number of hydrogen-bond acceptors (Lipinski definition) is 7. The maximum absolute atomic E-state index is 12.6. The molecule has 0 aliphatic carbocycles. The van der Waals surface area contributed by atoms with Gasteiger partial charge in [-0.2, -0.15) is 0 Å². The van der Waals surface area contributed by atoms with Crippen molar-refractivity contribution in [1.29, 1.82) is 0 Å². The van der Waals surface area contributed by atoms with Crippen molar-refractivity contribution in [2.45, 2.75) is 13.0 Å². The molecule has 162 valence electrons. The number of hydrogen-bond donors (Lipinski definition) is 2. The molecule has 2 N–H and O–H groups in total. The fraction of sp³-hybridized carbons (Fsp3) is 0.250. The van der Waals surface area contributed by atoms with Gasteiger partial charge in [0.25, 0.3) is 5.91 Å². The van der Waals surface area contributed by atoms with E-state index >= 15 is 0 Å². The van der Waals surface area contributed by atoms with Gasteiger partial charge in [-0.25, -0.2) is 15.0 Å². The highest BCUT2D eigenvalue weighted by molar-refractivity contribution is 7.21. The molecule has 0 fully saturated rings. The van der Waals surface area contributed by atoms with Crippen molar-refractivity contribution in [1.82, 2.24) is 25.2 Å². The zero-order valence-electron chi connectivity index (χ0n) is 18.2. The number of nitrogens with one attached hydrogen (secondary N) is 2. The molecule has 0 unspecified atom stereocenters. The topological polar surface area (TPSA) is 83.0 Å². The van der Waals surface area contributed by atoms with Crippen LogP contribution >= 0.6 is 11.3 Å². The smallest absolute Gasteiger partial charge is 0.263 e. The van der Waals surface area contributed by atoms with E-state index in [0.29, 0.717) is 6.54 Å². The van der Waals surface area contributed by atoms with Gasteiger partial charge in [0.2, 0.25) is 0 Å². The summed E-state index contributed by atoms with van der Waals surface area (Å²) in [5.74, 6) is -0.0211. The summed E-state index contributed by atoms with van der Waals surface area (Å²) in [7, 11) is 4.06. The Labute approximate surface area is 190 Å². The molecular weight excluding hydrogens is 420 g/mol. The van der Waals surface area contributed by atoms with E-state index in [9.17, 15) is 4.79 Å². The highest BCUT2D eigenvalue weighted by Crippen LogP contribution is 2.41. The number of pyridine rings is 1. The van der Waals surface area contributed by atoms with Crippen LogP contribution in [0.3, 0.4) is 0 Å². The summed E-state index contributed by atoms with van der Waals surface area (Å²) >= 11 is 1.52. The van der Waals surface area contributed by atoms with Gasteiger partial charge in [-0.15, -0.1) is 11.3 Å². The summed E-state index contributed by atoms with van der Waals surface area (Å²) in [6.07, 6.45) is 5.64. The van der Waals surface area contributed by atoms with Crippen molar-refractivity contribution in [3.8, 4) is 11.4 Å². The number of likely N-dealkylation sites (N-methyl/N-ethyl adjacent to an activating group) is 1. The van der Waals surface area contributed by atoms with Crippen LogP contribution in [0.15, 0.2) is 42.7 Å². The number of carbonyl (C=O) groups is 1. The van der Waals surface area contributed by atoms with Crippen LogP contribution in [0.25, 0.3) is 38.5 Å². The van der Waals surface area contributed by atoms with Crippen LogP contribution < -0.4 is 10.6 Å². The molecule has 0 saturated heterocycles. The van der Waals surface area contributed by atoms with Gasteiger partial charge >= 0.3 is 0 Å². The van der Waals surface area contributed by atoms with E-state index in [1.807, 2.05) is 51.4 Å². The van der Waals surface area contributed by atoms with Gasteiger partial charge in [0.1, 0.15) is 11.2 Å². The van der Waals surface area contributed by atoms with Crippen molar-refractivity contribution in [2.75, 3.05) is 32.5 Å². The first-order valence-electron chi connectivity index (χ1n) is 10.5. The Balaban J connectivity index is 1.56. The quantitative estimate of drug-likeness (QED) is 0.495. The number of fused-ring (bicyclic) bond motifs is 5. The third kappa shape index (κ3) is 3.83. The second-order valence-electron chi connectivity index (χ2n) is 8.26. The van der Waals surface area contributed by atoms with Crippen LogP contribution in [0.2, 0.25) is 0 Å². The van der Waals surface area contributed by atoms with E-state index in [-0.39, 0.29) is 11.9 Å². The van der Waals surface area contributed by atoms with E-state index in [0.717, 1.165) is 55.2 Å². The lowest BCUT2D eigenvalue weighted by atomic mass is 10.1. The zero-order chi connectivity index (χ0) is 22.2. The van der Waals surface area contributed by atoms with E-state index < -0.39 is 0 Å². The van der Waals surface area contributed by atoms with Crippen molar-refractivity contribution < 1.29 is 4.79 Å². The molecule has 1 aliphatic rings. The van der Waals surface area contributed by atoms with Crippen LogP contribution in [-0.4, -0.2) is 59.0 Å². The third-order valence-electron chi connectivity index (χ3n) is 5.40. The van der Waals surface area contributed by atoms with E-state index in [1.54, 1.807) is 6.33 Å². The number of benzene rings is 1. The molecule has 7 nitrogen and oxygen atoms in total. The normalized spacial score (nSPS) is 16.4. The summed E-state index contributed by atoms with van der Waals surface area (Å²) in [5, 5.41) is 8.59. The monoisotopic (exact) mass is 444 g/mol. The second-order valence-corrected chi connectivity index (χ2v) is 9.31. The lowest BCUT2D eigenvalue weighted by Gasteiger charge is -2.10. The van der Waals surface area contributed by atoms with Gasteiger partial charge in [0.15, 0.2) is 0 Å². The Bertz CT molecular complexity index is 1360. The van der Waals surface area contributed by atoms with E-state index in [1.165, 1.54) is 11.3 Å². The van der Waals surface area contributed by atoms with Gasteiger partial charge in [-0.3, -0.25) is 4.79 Å². The Morgan fingerprint density at radius 2 is 2.06 bits per heavy atom. The van der Waals surface area contributed by atoms with Crippen molar-refractivity contribution in [2.24, 2.45) is 0 Å². The first-order chi connectivity index (χ1) is 15.5. The summed E-state index contributed by atoms with van der Waals surface area (Å²) in [6.45, 7) is 3.54. The van der Waals surface area contributed by atoms with Gasteiger partial charge in [-0.1, -0.05) is 6.08 Å². The highest BCUT2D eigenvalue weighted by Gasteiger charge is 2.24. The largest absolute Gasteiger partial charge is 0.381 e. The molecule has 1 aliphatic heterocycles. The molecule has 0 radical (unpaired) electrons. The molecule has 5 rings (SSSR count). The maximum atomic E-state index is 12.6. The molecular formula is C24H24N6OS. The first kappa shape index (κ1) is 20.5. The van der Waals surface area contributed by atoms with Crippen LogP contribution in [0.4, 0.5) is 5.69 Å². The van der Waals surface area contributed by atoms with Gasteiger partial charge < -0.3 is 15.5 Å². The lowest BCUT2D eigenvalue weighted by Crippen LogP contribution is -2.34. The van der Waals surface area contributed by atoms with Gasteiger partial charge in [0.05, 0.1) is 28.3 Å². The van der Waals surface area contributed by atoms with Gasteiger partial charge in [0, 0.05) is 34.6 Å². The SMILES string of the molecule is C[C@@H]1CNc2c(sc3ccc4nc(-c5cc(/C=C/CN(C)C)ncn5)ccc4c23)C(=O)N1. The molecule has 1 aromatic carbocycles. The Kier molecular flexibility index (Phi) is 5.32. The number of thiophene rings is 1. The van der Waals surface area contributed by atoms with Crippen molar-refractivity contribution in [3.63, 3.8) is 0 Å². The molecule has 8 heteroatoms. The Morgan fingerprint density at radius 3 is 2.91 bits per heavy atom. The van der Waals surface area contributed by atoms with E-state index in [2.05, 4.69) is 37.6 Å². The van der Waals surface area contributed by atoms with E-state index in [4.69, 9.17) is 4.98 Å². The van der Waals surface area contributed by atoms with Crippen LogP contribution in [0, 0.1) is 0 Å². The van der Waals surface area contributed by atoms with Crippen LogP contribution in [0.1, 0.15) is 22.3 Å². The number of amides is 1. The zero-order valence-corrected chi connectivity index (χ0v) is 19.0. The minimum Gasteiger partial charge on any atom is -0.381 e. The maximum Gasteiger partial charge on any atom is 0.263 e. The summed E-state index contributed by atoms with van der Waals surface area (Å²) < 4.78 is 1.07. The molecule has 4 heterocycles. The number of anilines is 1. The average Bonchev–Trinajstić information content (AvgIpc) is 3.10. The number of rotatable bonds is 4. The molecule has 1 atom stereocenters. The van der Waals surface area contributed by atoms with Crippen LogP contribution in [-0.2, 0) is 0 Å². The molecule has 0 spiro atoms.